The van der Waals surface area contributed by atoms with Crippen molar-refractivity contribution in [2.24, 2.45) is 0 Å². The number of nitrogens with one attached hydrogen (secondary N) is 3. The summed E-state index contributed by atoms with van der Waals surface area (Å²) in [6.07, 6.45) is 0.629. The fourth-order valence-corrected chi connectivity index (χ4v) is 2.90. The lowest BCUT2D eigenvalue weighted by atomic mass is 10.1. The molecule has 3 N–H and O–H groups in total. The van der Waals surface area contributed by atoms with Crippen molar-refractivity contribution in [1.29, 1.82) is 0 Å². The van der Waals surface area contributed by atoms with Gasteiger partial charge in [-0.15, -0.1) is 0 Å². The van der Waals surface area contributed by atoms with Crippen LogP contribution in [0, 0.1) is 6.92 Å². The van der Waals surface area contributed by atoms with Crippen LogP contribution in [0.3, 0.4) is 0 Å². The summed E-state index contributed by atoms with van der Waals surface area (Å²) < 4.78 is 0. The summed E-state index contributed by atoms with van der Waals surface area (Å²) in [4.78, 5) is 44.6. The van der Waals surface area contributed by atoms with E-state index in [0.717, 1.165) is 27.3 Å². The molecular formula is C17H21N5O3. The van der Waals surface area contributed by atoms with Crippen LogP contribution in [-0.4, -0.2) is 45.3 Å². The van der Waals surface area contributed by atoms with Gasteiger partial charge in [0.2, 0.25) is 5.91 Å². The average Bonchev–Trinajstić information content (AvgIpc) is 3.06. The van der Waals surface area contributed by atoms with Gasteiger partial charge in [-0.25, -0.2) is 9.78 Å². The Labute approximate surface area is 145 Å². The van der Waals surface area contributed by atoms with E-state index in [4.69, 9.17) is 0 Å². The van der Waals surface area contributed by atoms with E-state index < -0.39 is 12.1 Å². The second-order valence-corrected chi connectivity index (χ2v) is 6.15. The van der Waals surface area contributed by atoms with E-state index in [9.17, 15) is 14.4 Å². The normalized spacial score (nSPS) is 17.2. The standard InChI is InChI=1S/C17H21N5O3/c1-3-6-22-16(24)14(21-17(22)25)8-15(23)18-9-11-4-5-12-13(7-11)20-10(2)19-12/h4-5,7,14H,3,6,8-9H2,1-2H3,(H,18,23)(H,19,20)(H,21,25). The lowest BCUT2D eigenvalue weighted by molar-refractivity contribution is -0.130. The minimum atomic E-state index is -0.781. The molecule has 132 valence electrons. The summed E-state index contributed by atoms with van der Waals surface area (Å²) in [5.41, 5.74) is 2.72. The molecule has 1 atom stereocenters. The zero-order valence-corrected chi connectivity index (χ0v) is 14.3. The van der Waals surface area contributed by atoms with E-state index in [1.807, 2.05) is 32.0 Å². The Balaban J connectivity index is 1.55. The largest absolute Gasteiger partial charge is 0.352 e. The molecule has 4 amide bonds. The quantitative estimate of drug-likeness (QED) is 0.685. The Hall–Kier alpha value is -2.90. The summed E-state index contributed by atoms with van der Waals surface area (Å²) in [6, 6.07) is 4.51. The molecule has 0 radical (unpaired) electrons. The number of H-pyrrole nitrogens is 1. The highest BCUT2D eigenvalue weighted by Gasteiger charge is 2.38. The lowest BCUT2D eigenvalue weighted by Crippen LogP contribution is -2.36. The smallest absolute Gasteiger partial charge is 0.324 e. The maximum Gasteiger partial charge on any atom is 0.324 e. The Morgan fingerprint density at radius 1 is 1.36 bits per heavy atom. The van der Waals surface area contributed by atoms with Crippen LogP contribution in [0.25, 0.3) is 11.0 Å². The van der Waals surface area contributed by atoms with Gasteiger partial charge in [-0.2, -0.15) is 0 Å². The van der Waals surface area contributed by atoms with Crippen LogP contribution in [0.5, 0.6) is 0 Å². The third-order valence-corrected chi connectivity index (χ3v) is 4.10. The van der Waals surface area contributed by atoms with Crippen molar-refractivity contribution in [2.45, 2.75) is 39.3 Å². The number of hydrogen-bond donors (Lipinski definition) is 3. The molecule has 8 heteroatoms. The zero-order chi connectivity index (χ0) is 18.0. The third kappa shape index (κ3) is 3.62. The number of hydrogen-bond acceptors (Lipinski definition) is 4. The first-order valence-corrected chi connectivity index (χ1v) is 8.31. The summed E-state index contributed by atoms with van der Waals surface area (Å²) in [7, 11) is 0. The highest BCUT2D eigenvalue weighted by atomic mass is 16.2. The van der Waals surface area contributed by atoms with Crippen LogP contribution in [0.15, 0.2) is 18.2 Å². The fraction of sp³-hybridized carbons (Fsp3) is 0.412. The molecule has 1 aromatic heterocycles. The van der Waals surface area contributed by atoms with Gasteiger partial charge in [0.1, 0.15) is 11.9 Å². The van der Waals surface area contributed by atoms with Crippen LogP contribution >= 0.6 is 0 Å². The maximum absolute atomic E-state index is 12.1. The first kappa shape index (κ1) is 16.9. The van der Waals surface area contributed by atoms with E-state index in [-0.39, 0.29) is 18.2 Å². The minimum Gasteiger partial charge on any atom is -0.352 e. The summed E-state index contributed by atoms with van der Waals surface area (Å²) in [6.45, 7) is 4.49. The number of urea groups is 1. The number of benzene rings is 1. The molecule has 0 saturated carbocycles. The van der Waals surface area contributed by atoms with E-state index in [1.54, 1.807) is 0 Å². The Kier molecular flexibility index (Phi) is 4.69. The summed E-state index contributed by atoms with van der Waals surface area (Å²) in [5, 5.41) is 5.34. The van der Waals surface area contributed by atoms with Gasteiger partial charge in [0, 0.05) is 13.1 Å². The molecule has 1 saturated heterocycles. The molecule has 1 aromatic carbocycles. The number of rotatable bonds is 6. The van der Waals surface area contributed by atoms with Crippen molar-refractivity contribution in [3.8, 4) is 0 Å². The monoisotopic (exact) mass is 343 g/mol. The van der Waals surface area contributed by atoms with Gasteiger partial charge < -0.3 is 15.6 Å². The van der Waals surface area contributed by atoms with Crippen molar-refractivity contribution in [2.75, 3.05) is 6.54 Å². The van der Waals surface area contributed by atoms with Crippen molar-refractivity contribution < 1.29 is 14.4 Å². The summed E-state index contributed by atoms with van der Waals surface area (Å²) in [5.74, 6) is 0.220. The van der Waals surface area contributed by atoms with Gasteiger partial charge in [0.25, 0.3) is 5.91 Å². The van der Waals surface area contributed by atoms with Gasteiger partial charge in [0.15, 0.2) is 0 Å². The first-order chi connectivity index (χ1) is 12.0. The molecule has 1 aliphatic heterocycles. The highest BCUT2D eigenvalue weighted by Crippen LogP contribution is 2.14. The molecule has 8 nitrogen and oxygen atoms in total. The minimum absolute atomic E-state index is 0.0593. The van der Waals surface area contributed by atoms with Crippen molar-refractivity contribution in [3.63, 3.8) is 0 Å². The molecule has 2 heterocycles. The second kappa shape index (κ2) is 6.92. The molecule has 1 fully saturated rings. The van der Waals surface area contributed by atoms with Gasteiger partial charge in [-0.05, 0) is 31.0 Å². The molecule has 0 bridgehead atoms. The molecule has 2 aromatic rings. The van der Waals surface area contributed by atoms with E-state index in [1.165, 1.54) is 0 Å². The van der Waals surface area contributed by atoms with Crippen molar-refractivity contribution >= 4 is 28.9 Å². The van der Waals surface area contributed by atoms with Crippen molar-refractivity contribution in [1.82, 2.24) is 25.5 Å². The predicted octanol–water partition coefficient (Wildman–Crippen LogP) is 1.21. The molecule has 0 spiro atoms. The number of amides is 4. The van der Waals surface area contributed by atoms with Crippen LogP contribution in [0.1, 0.15) is 31.2 Å². The Bertz CT molecular complexity index is 829. The number of imidazole rings is 1. The maximum atomic E-state index is 12.1. The second-order valence-electron chi connectivity index (χ2n) is 6.15. The SMILES string of the molecule is CCCN1C(=O)NC(CC(=O)NCc2ccc3nc(C)[nH]c3c2)C1=O. The molecule has 3 rings (SSSR count). The average molecular weight is 343 g/mol. The number of fused-ring (bicyclic) bond motifs is 1. The fourth-order valence-electron chi connectivity index (χ4n) is 2.90. The molecular weight excluding hydrogens is 322 g/mol. The number of imide groups is 1. The van der Waals surface area contributed by atoms with E-state index in [2.05, 4.69) is 20.6 Å². The van der Waals surface area contributed by atoms with Gasteiger partial charge in [-0.3, -0.25) is 14.5 Å². The van der Waals surface area contributed by atoms with E-state index in [0.29, 0.717) is 19.5 Å². The molecule has 25 heavy (non-hydrogen) atoms. The molecule has 0 aliphatic carbocycles. The number of aromatic nitrogens is 2. The number of carbonyl (C=O) groups is 3. The number of aromatic amines is 1. The van der Waals surface area contributed by atoms with E-state index >= 15 is 0 Å². The van der Waals surface area contributed by atoms with Crippen LogP contribution in [0.4, 0.5) is 4.79 Å². The highest BCUT2D eigenvalue weighted by molar-refractivity contribution is 6.05. The van der Waals surface area contributed by atoms with Crippen LogP contribution in [0.2, 0.25) is 0 Å². The summed E-state index contributed by atoms with van der Waals surface area (Å²) >= 11 is 0. The van der Waals surface area contributed by atoms with Gasteiger partial charge >= 0.3 is 6.03 Å². The first-order valence-electron chi connectivity index (χ1n) is 8.31. The third-order valence-electron chi connectivity index (χ3n) is 4.10. The number of carbonyl (C=O) groups excluding carboxylic acids is 3. The number of aryl methyl sites for hydroxylation is 1. The topological polar surface area (TPSA) is 107 Å². The van der Waals surface area contributed by atoms with Crippen molar-refractivity contribution in [3.05, 3.63) is 29.6 Å². The Morgan fingerprint density at radius 2 is 2.16 bits per heavy atom. The zero-order valence-electron chi connectivity index (χ0n) is 14.3. The van der Waals surface area contributed by atoms with Gasteiger partial charge in [-0.1, -0.05) is 13.0 Å². The van der Waals surface area contributed by atoms with Crippen LogP contribution < -0.4 is 10.6 Å². The number of nitrogens with zero attached hydrogens (tertiary/aromatic N) is 2. The molecule has 1 aliphatic rings. The van der Waals surface area contributed by atoms with Crippen LogP contribution in [-0.2, 0) is 16.1 Å². The predicted molar refractivity (Wildman–Crippen MR) is 91.6 cm³/mol. The molecule has 1 unspecified atom stereocenters. The van der Waals surface area contributed by atoms with Gasteiger partial charge in [0.05, 0.1) is 17.5 Å². The lowest BCUT2D eigenvalue weighted by Gasteiger charge is -2.11. The Morgan fingerprint density at radius 3 is 2.92 bits per heavy atom.